The van der Waals surface area contributed by atoms with E-state index in [9.17, 15) is 4.79 Å². The van der Waals surface area contributed by atoms with Crippen molar-refractivity contribution in [2.45, 2.75) is 58.4 Å². The van der Waals surface area contributed by atoms with Crippen LogP contribution < -0.4 is 5.32 Å². The van der Waals surface area contributed by atoms with Gasteiger partial charge in [-0.25, -0.2) is 4.79 Å². The summed E-state index contributed by atoms with van der Waals surface area (Å²) in [5.74, 6) is -0.342. The molecule has 0 saturated carbocycles. The Balaban J connectivity index is 3.66. The molecule has 0 aliphatic carbocycles. The molecule has 0 aromatic carbocycles. The summed E-state index contributed by atoms with van der Waals surface area (Å²) in [6.45, 7) is 8.95. The van der Waals surface area contributed by atoms with Crippen LogP contribution in [-0.4, -0.2) is 25.2 Å². The predicted molar refractivity (Wildman–Crippen MR) is 72.0 cm³/mol. The molecule has 0 unspecified atom stereocenters. The highest BCUT2D eigenvalue weighted by Gasteiger charge is 2.06. The molecule has 0 atom stereocenters. The molecular weight excluding hydrogens is 214 g/mol. The topological polar surface area (TPSA) is 38.3 Å². The second-order valence-electron chi connectivity index (χ2n) is 4.31. The lowest BCUT2D eigenvalue weighted by molar-refractivity contribution is -0.137. The van der Waals surface area contributed by atoms with Crippen LogP contribution in [-0.2, 0) is 9.53 Å². The van der Waals surface area contributed by atoms with E-state index in [0.717, 1.165) is 6.54 Å². The monoisotopic (exact) mass is 241 g/mol. The van der Waals surface area contributed by atoms with E-state index in [1.165, 1.54) is 44.6 Å². The van der Waals surface area contributed by atoms with Gasteiger partial charge in [0.15, 0.2) is 0 Å². The summed E-state index contributed by atoms with van der Waals surface area (Å²) in [5.41, 5.74) is 0. The minimum absolute atomic E-state index is 0.342. The molecule has 0 radical (unpaired) electrons. The Morgan fingerprint density at radius 2 is 1.88 bits per heavy atom. The highest BCUT2D eigenvalue weighted by molar-refractivity contribution is 5.81. The van der Waals surface area contributed by atoms with Crippen molar-refractivity contribution in [3.63, 3.8) is 0 Å². The Morgan fingerprint density at radius 3 is 2.35 bits per heavy atom. The van der Waals surface area contributed by atoms with Gasteiger partial charge < -0.3 is 10.1 Å². The number of rotatable bonds is 11. The van der Waals surface area contributed by atoms with E-state index in [1.807, 2.05) is 0 Å². The molecule has 0 amide bonds. The van der Waals surface area contributed by atoms with Crippen molar-refractivity contribution in [1.29, 1.82) is 0 Å². The summed E-state index contributed by atoms with van der Waals surface area (Å²) < 4.78 is 4.93. The fraction of sp³-hybridized carbons (Fsp3) is 0.786. The van der Waals surface area contributed by atoms with Gasteiger partial charge in [0.2, 0.25) is 0 Å². The molecular formula is C14H27NO2. The highest BCUT2D eigenvalue weighted by atomic mass is 16.5. The van der Waals surface area contributed by atoms with Crippen LogP contribution in [0.5, 0.6) is 0 Å². The van der Waals surface area contributed by atoms with E-state index in [2.05, 4.69) is 25.7 Å². The maximum atomic E-state index is 10.8. The smallest absolute Gasteiger partial charge is 0.330 e. The Labute approximate surface area is 106 Å². The molecule has 0 bridgehead atoms. The second-order valence-corrected chi connectivity index (χ2v) is 4.31. The largest absolute Gasteiger partial charge is 0.461 e. The van der Waals surface area contributed by atoms with Crippen LogP contribution in [0.15, 0.2) is 12.7 Å². The highest BCUT2D eigenvalue weighted by Crippen LogP contribution is 2.08. The number of carbonyl (C=O) groups excluding carboxylic acids is 1. The lowest BCUT2D eigenvalue weighted by Crippen LogP contribution is -2.32. The first-order valence-corrected chi connectivity index (χ1v) is 6.77. The van der Waals surface area contributed by atoms with Gasteiger partial charge in [-0.15, -0.1) is 0 Å². The van der Waals surface area contributed by atoms with Crippen LogP contribution in [0, 0.1) is 0 Å². The average Bonchev–Trinajstić information content (AvgIpc) is 2.36. The standard InChI is InChI=1S/C14H27NO2/c1-4-7-9-13(10-8-5-2)15-11-12-17-14(16)6-3/h6,13,15H,3-5,7-12H2,1-2H3. The molecule has 0 spiro atoms. The van der Waals surface area contributed by atoms with Crippen LogP contribution in [0.3, 0.4) is 0 Å². The first kappa shape index (κ1) is 16.2. The zero-order valence-corrected chi connectivity index (χ0v) is 11.3. The average molecular weight is 241 g/mol. The number of esters is 1. The number of carbonyl (C=O) groups is 1. The summed E-state index contributed by atoms with van der Waals surface area (Å²) in [6, 6.07) is 0.567. The van der Waals surface area contributed by atoms with Crippen LogP contribution in [0.25, 0.3) is 0 Å². The predicted octanol–water partition coefficient (Wildman–Crippen LogP) is 3.05. The minimum atomic E-state index is -0.342. The number of ether oxygens (including phenoxy) is 1. The van der Waals surface area contributed by atoms with Crippen molar-refractivity contribution in [2.75, 3.05) is 13.2 Å². The molecule has 17 heavy (non-hydrogen) atoms. The quantitative estimate of drug-likeness (QED) is 0.343. The van der Waals surface area contributed by atoms with Gasteiger partial charge >= 0.3 is 5.97 Å². The summed E-state index contributed by atoms with van der Waals surface area (Å²) in [6.07, 6.45) is 8.61. The Hall–Kier alpha value is -0.830. The number of hydrogen-bond acceptors (Lipinski definition) is 3. The number of hydrogen-bond donors (Lipinski definition) is 1. The molecule has 1 N–H and O–H groups in total. The van der Waals surface area contributed by atoms with E-state index >= 15 is 0 Å². The van der Waals surface area contributed by atoms with Gasteiger partial charge in [-0.2, -0.15) is 0 Å². The third-order valence-electron chi connectivity index (χ3n) is 2.76. The minimum Gasteiger partial charge on any atom is -0.461 e. The van der Waals surface area contributed by atoms with Crippen LogP contribution in [0.4, 0.5) is 0 Å². The lowest BCUT2D eigenvalue weighted by Gasteiger charge is -2.18. The Bertz CT molecular complexity index is 196. The third kappa shape index (κ3) is 10.1. The summed E-state index contributed by atoms with van der Waals surface area (Å²) >= 11 is 0. The van der Waals surface area contributed by atoms with E-state index in [-0.39, 0.29) is 5.97 Å². The fourth-order valence-electron chi connectivity index (χ4n) is 1.72. The van der Waals surface area contributed by atoms with Crippen molar-refractivity contribution in [1.82, 2.24) is 5.32 Å². The van der Waals surface area contributed by atoms with Gasteiger partial charge in [-0.1, -0.05) is 46.1 Å². The lowest BCUT2D eigenvalue weighted by atomic mass is 10.0. The van der Waals surface area contributed by atoms with E-state index in [1.54, 1.807) is 0 Å². The summed E-state index contributed by atoms with van der Waals surface area (Å²) in [7, 11) is 0. The zero-order chi connectivity index (χ0) is 12.9. The van der Waals surface area contributed by atoms with Gasteiger partial charge in [-0.3, -0.25) is 0 Å². The SMILES string of the molecule is C=CC(=O)OCCNC(CCCC)CCCC. The van der Waals surface area contributed by atoms with Gasteiger partial charge in [0, 0.05) is 18.7 Å². The van der Waals surface area contributed by atoms with Crippen LogP contribution >= 0.6 is 0 Å². The maximum absolute atomic E-state index is 10.8. The van der Waals surface area contributed by atoms with Crippen molar-refractivity contribution in [3.8, 4) is 0 Å². The van der Waals surface area contributed by atoms with Gasteiger partial charge in [-0.05, 0) is 12.8 Å². The molecule has 3 nitrogen and oxygen atoms in total. The Morgan fingerprint density at radius 1 is 1.29 bits per heavy atom. The maximum Gasteiger partial charge on any atom is 0.330 e. The van der Waals surface area contributed by atoms with Crippen molar-refractivity contribution < 1.29 is 9.53 Å². The Kier molecular flexibility index (Phi) is 11.1. The molecule has 0 aromatic heterocycles. The van der Waals surface area contributed by atoms with Gasteiger partial charge in [0.25, 0.3) is 0 Å². The third-order valence-corrected chi connectivity index (χ3v) is 2.76. The zero-order valence-electron chi connectivity index (χ0n) is 11.3. The van der Waals surface area contributed by atoms with Crippen molar-refractivity contribution in [2.24, 2.45) is 0 Å². The molecule has 0 aliphatic heterocycles. The molecule has 0 aromatic rings. The molecule has 100 valence electrons. The summed E-state index contributed by atoms with van der Waals surface area (Å²) in [5, 5.41) is 3.46. The molecule has 0 rings (SSSR count). The first-order chi connectivity index (χ1) is 8.24. The molecule has 0 fully saturated rings. The van der Waals surface area contributed by atoms with E-state index in [4.69, 9.17) is 4.74 Å². The normalized spacial score (nSPS) is 10.5. The second kappa shape index (κ2) is 11.6. The fourth-order valence-corrected chi connectivity index (χ4v) is 1.72. The van der Waals surface area contributed by atoms with E-state index in [0.29, 0.717) is 12.6 Å². The van der Waals surface area contributed by atoms with Gasteiger partial charge in [0.1, 0.15) is 6.61 Å². The van der Waals surface area contributed by atoms with E-state index < -0.39 is 0 Å². The van der Waals surface area contributed by atoms with Gasteiger partial charge in [0.05, 0.1) is 0 Å². The van der Waals surface area contributed by atoms with Crippen LogP contribution in [0.2, 0.25) is 0 Å². The first-order valence-electron chi connectivity index (χ1n) is 6.77. The molecule has 0 aliphatic rings. The van der Waals surface area contributed by atoms with Crippen molar-refractivity contribution >= 4 is 5.97 Å². The number of nitrogens with one attached hydrogen (secondary N) is 1. The van der Waals surface area contributed by atoms with Crippen LogP contribution in [0.1, 0.15) is 52.4 Å². The molecule has 3 heteroatoms. The molecule has 0 heterocycles. The number of unbranched alkanes of at least 4 members (excludes halogenated alkanes) is 2. The van der Waals surface area contributed by atoms with Crippen molar-refractivity contribution in [3.05, 3.63) is 12.7 Å². The summed E-state index contributed by atoms with van der Waals surface area (Å²) in [4.78, 5) is 10.8. The molecule has 0 saturated heterocycles.